The molecule has 106 valence electrons. The van der Waals surface area contributed by atoms with E-state index in [0.717, 1.165) is 10.2 Å². The van der Waals surface area contributed by atoms with Crippen LogP contribution in [-0.2, 0) is 6.61 Å². The van der Waals surface area contributed by atoms with Crippen LogP contribution in [-0.4, -0.2) is 19.9 Å². The molecule has 0 atom stereocenters. The fraction of sp³-hybridized carbons (Fsp3) is 0.0667. The standard InChI is InChI=1S/C15H12BrN3O2/c16-12-6-7-14(11(8-12)9-20)21-15-17-10-19(18-15)13-4-2-1-3-5-13/h1-8,10,20H,9H2. The van der Waals surface area contributed by atoms with Crippen molar-refractivity contribution in [2.24, 2.45) is 0 Å². The maximum absolute atomic E-state index is 9.36. The average molecular weight is 346 g/mol. The molecule has 3 rings (SSSR count). The highest BCUT2D eigenvalue weighted by atomic mass is 79.9. The van der Waals surface area contributed by atoms with Crippen molar-refractivity contribution < 1.29 is 9.84 Å². The van der Waals surface area contributed by atoms with Gasteiger partial charge >= 0.3 is 6.01 Å². The quantitative estimate of drug-likeness (QED) is 0.787. The summed E-state index contributed by atoms with van der Waals surface area (Å²) >= 11 is 3.36. The Hall–Kier alpha value is -2.18. The van der Waals surface area contributed by atoms with Crippen molar-refractivity contribution in [1.29, 1.82) is 0 Å². The molecule has 1 heterocycles. The van der Waals surface area contributed by atoms with Crippen LogP contribution in [0.4, 0.5) is 0 Å². The zero-order valence-corrected chi connectivity index (χ0v) is 12.6. The van der Waals surface area contributed by atoms with Gasteiger partial charge in [0.1, 0.15) is 12.1 Å². The smallest absolute Gasteiger partial charge is 0.341 e. The summed E-state index contributed by atoms with van der Waals surface area (Å²) in [5.74, 6) is 0.534. The van der Waals surface area contributed by atoms with Crippen LogP contribution in [0.3, 0.4) is 0 Å². The minimum atomic E-state index is -0.117. The third-order valence-electron chi connectivity index (χ3n) is 2.89. The first-order valence-electron chi connectivity index (χ1n) is 6.30. The summed E-state index contributed by atoms with van der Waals surface area (Å²) in [7, 11) is 0. The summed E-state index contributed by atoms with van der Waals surface area (Å²) in [6, 6.07) is 15.3. The van der Waals surface area contributed by atoms with Gasteiger partial charge in [0.15, 0.2) is 0 Å². The van der Waals surface area contributed by atoms with Gasteiger partial charge in [-0.3, -0.25) is 0 Å². The van der Waals surface area contributed by atoms with Gasteiger partial charge in [-0.05, 0) is 30.3 Å². The van der Waals surface area contributed by atoms with Crippen LogP contribution < -0.4 is 4.74 Å². The first kappa shape index (κ1) is 13.8. The topological polar surface area (TPSA) is 60.2 Å². The molecule has 0 amide bonds. The van der Waals surface area contributed by atoms with Crippen molar-refractivity contribution in [2.45, 2.75) is 6.61 Å². The van der Waals surface area contributed by atoms with Crippen LogP contribution >= 0.6 is 15.9 Å². The minimum absolute atomic E-state index is 0.117. The Bertz CT molecular complexity index is 744. The highest BCUT2D eigenvalue weighted by Crippen LogP contribution is 2.26. The predicted octanol–water partition coefficient (Wildman–Crippen LogP) is 3.31. The normalized spacial score (nSPS) is 10.6. The number of nitrogens with zero attached hydrogens (tertiary/aromatic N) is 3. The van der Waals surface area contributed by atoms with E-state index >= 15 is 0 Å². The number of rotatable bonds is 4. The van der Waals surface area contributed by atoms with E-state index in [2.05, 4.69) is 26.0 Å². The number of halogens is 1. The molecule has 0 saturated carbocycles. The van der Waals surface area contributed by atoms with E-state index in [1.807, 2.05) is 36.4 Å². The molecule has 0 radical (unpaired) electrons. The number of hydrogen-bond donors (Lipinski definition) is 1. The van der Waals surface area contributed by atoms with Crippen molar-refractivity contribution in [3.63, 3.8) is 0 Å². The molecule has 0 fully saturated rings. The second-order valence-corrected chi connectivity index (χ2v) is 5.24. The molecule has 0 aliphatic carbocycles. The fourth-order valence-corrected chi connectivity index (χ4v) is 2.28. The minimum Gasteiger partial charge on any atom is -0.423 e. The Balaban J connectivity index is 1.85. The number of hydrogen-bond acceptors (Lipinski definition) is 4. The van der Waals surface area contributed by atoms with Gasteiger partial charge in [0, 0.05) is 10.0 Å². The Morgan fingerprint density at radius 1 is 1.14 bits per heavy atom. The molecule has 1 N–H and O–H groups in total. The van der Waals surface area contributed by atoms with Gasteiger partial charge in [0.25, 0.3) is 0 Å². The largest absolute Gasteiger partial charge is 0.423 e. The maximum Gasteiger partial charge on any atom is 0.341 e. The third kappa shape index (κ3) is 3.12. The monoisotopic (exact) mass is 345 g/mol. The number of ether oxygens (including phenoxy) is 1. The summed E-state index contributed by atoms with van der Waals surface area (Å²) in [4.78, 5) is 4.12. The molecule has 21 heavy (non-hydrogen) atoms. The number of para-hydroxylation sites is 1. The van der Waals surface area contributed by atoms with Crippen molar-refractivity contribution in [3.05, 3.63) is 64.9 Å². The zero-order chi connectivity index (χ0) is 14.7. The Morgan fingerprint density at radius 2 is 1.95 bits per heavy atom. The molecule has 5 nitrogen and oxygen atoms in total. The molecule has 0 bridgehead atoms. The lowest BCUT2D eigenvalue weighted by Crippen LogP contribution is -1.96. The van der Waals surface area contributed by atoms with Gasteiger partial charge < -0.3 is 9.84 Å². The Labute approximate surface area is 130 Å². The zero-order valence-electron chi connectivity index (χ0n) is 11.0. The van der Waals surface area contributed by atoms with Gasteiger partial charge in [-0.1, -0.05) is 34.1 Å². The van der Waals surface area contributed by atoms with Gasteiger partial charge in [0.2, 0.25) is 0 Å². The molecule has 0 aliphatic heterocycles. The molecule has 2 aromatic carbocycles. The second-order valence-electron chi connectivity index (χ2n) is 4.32. The molecule has 0 unspecified atom stereocenters. The van der Waals surface area contributed by atoms with E-state index in [1.54, 1.807) is 23.1 Å². The van der Waals surface area contributed by atoms with Crippen molar-refractivity contribution in [1.82, 2.24) is 14.8 Å². The molecule has 0 aliphatic rings. The number of aliphatic hydroxyl groups is 1. The highest BCUT2D eigenvalue weighted by Gasteiger charge is 2.09. The van der Waals surface area contributed by atoms with E-state index in [1.165, 1.54) is 0 Å². The van der Waals surface area contributed by atoms with Crippen LogP contribution in [0.5, 0.6) is 11.8 Å². The van der Waals surface area contributed by atoms with E-state index < -0.39 is 0 Å². The van der Waals surface area contributed by atoms with Crippen molar-refractivity contribution >= 4 is 15.9 Å². The average Bonchev–Trinajstić information content (AvgIpc) is 2.98. The number of aliphatic hydroxyl groups excluding tert-OH is 1. The molecule has 6 heteroatoms. The first-order valence-corrected chi connectivity index (χ1v) is 7.10. The van der Waals surface area contributed by atoms with Crippen LogP contribution in [0.15, 0.2) is 59.3 Å². The van der Waals surface area contributed by atoms with E-state index in [-0.39, 0.29) is 12.6 Å². The number of aromatic nitrogens is 3. The summed E-state index contributed by atoms with van der Waals surface area (Å²) in [5, 5.41) is 13.6. The van der Waals surface area contributed by atoms with E-state index in [9.17, 15) is 5.11 Å². The van der Waals surface area contributed by atoms with Crippen LogP contribution in [0.2, 0.25) is 0 Å². The third-order valence-corrected chi connectivity index (χ3v) is 3.38. The maximum atomic E-state index is 9.36. The van der Waals surface area contributed by atoms with Crippen molar-refractivity contribution in [2.75, 3.05) is 0 Å². The van der Waals surface area contributed by atoms with Crippen LogP contribution in [0.25, 0.3) is 5.69 Å². The Morgan fingerprint density at radius 3 is 2.71 bits per heavy atom. The summed E-state index contributed by atoms with van der Waals surface area (Å²) < 4.78 is 8.14. The Kier molecular flexibility index (Phi) is 3.98. The van der Waals surface area contributed by atoms with Crippen LogP contribution in [0.1, 0.15) is 5.56 Å². The summed E-state index contributed by atoms with van der Waals surface area (Å²) in [6.07, 6.45) is 1.59. The summed E-state index contributed by atoms with van der Waals surface area (Å²) in [5.41, 5.74) is 1.57. The van der Waals surface area contributed by atoms with Gasteiger partial charge in [0.05, 0.1) is 12.3 Å². The fourth-order valence-electron chi connectivity index (χ4n) is 1.87. The predicted molar refractivity (Wildman–Crippen MR) is 81.5 cm³/mol. The van der Waals surface area contributed by atoms with Crippen molar-refractivity contribution in [3.8, 4) is 17.4 Å². The molecular weight excluding hydrogens is 334 g/mol. The number of benzene rings is 2. The van der Waals surface area contributed by atoms with Gasteiger partial charge in [-0.2, -0.15) is 4.98 Å². The molecule has 1 aromatic heterocycles. The molecule has 3 aromatic rings. The SMILES string of the molecule is OCc1cc(Br)ccc1Oc1ncn(-c2ccccc2)n1. The van der Waals surface area contributed by atoms with Gasteiger partial charge in [-0.25, -0.2) is 4.68 Å². The van der Waals surface area contributed by atoms with E-state index in [0.29, 0.717) is 11.3 Å². The lowest BCUT2D eigenvalue weighted by Gasteiger charge is -2.06. The van der Waals surface area contributed by atoms with E-state index in [4.69, 9.17) is 4.74 Å². The van der Waals surface area contributed by atoms with Gasteiger partial charge in [-0.15, -0.1) is 5.10 Å². The van der Waals surface area contributed by atoms with Crippen LogP contribution in [0, 0.1) is 0 Å². The summed E-state index contributed by atoms with van der Waals surface area (Å²) in [6.45, 7) is -0.117. The highest BCUT2D eigenvalue weighted by molar-refractivity contribution is 9.10. The lowest BCUT2D eigenvalue weighted by molar-refractivity contribution is 0.275. The lowest BCUT2D eigenvalue weighted by atomic mass is 10.2. The second kappa shape index (κ2) is 6.07. The first-order chi connectivity index (χ1) is 10.3. The molecular formula is C15H12BrN3O2. The molecule has 0 saturated heterocycles. The molecule has 0 spiro atoms.